The van der Waals surface area contributed by atoms with Crippen LogP contribution in [0.5, 0.6) is 0 Å². The van der Waals surface area contributed by atoms with Crippen molar-refractivity contribution in [3.8, 4) is 0 Å². The van der Waals surface area contributed by atoms with Crippen LogP contribution in [-0.2, 0) is 9.63 Å². The van der Waals surface area contributed by atoms with Crippen LogP contribution >= 0.6 is 0 Å². The van der Waals surface area contributed by atoms with E-state index in [0.29, 0.717) is 11.8 Å². The number of benzene rings is 2. The molecule has 0 aromatic heterocycles. The highest BCUT2D eigenvalue weighted by Gasteiger charge is 2.16. The third-order valence-corrected chi connectivity index (χ3v) is 3.91. The Morgan fingerprint density at radius 2 is 1.60 bits per heavy atom. The van der Waals surface area contributed by atoms with Gasteiger partial charge in [-0.05, 0) is 28.5 Å². The summed E-state index contributed by atoms with van der Waals surface area (Å²) in [5, 5.41) is 6.86. The molecule has 4 nitrogen and oxygen atoms in total. The summed E-state index contributed by atoms with van der Waals surface area (Å²) >= 11 is 0. The van der Waals surface area contributed by atoms with Crippen molar-refractivity contribution in [2.75, 3.05) is 11.9 Å². The van der Waals surface area contributed by atoms with Gasteiger partial charge in [0.15, 0.2) is 6.61 Å². The number of rotatable bonds is 7. The van der Waals surface area contributed by atoms with Crippen LogP contribution < -0.4 is 5.32 Å². The van der Waals surface area contributed by atoms with Crippen LogP contribution in [0.3, 0.4) is 0 Å². The minimum absolute atomic E-state index is 0.118. The molecule has 0 bridgehead atoms. The van der Waals surface area contributed by atoms with Gasteiger partial charge in [-0.1, -0.05) is 81.4 Å². The molecular formula is C21H26N2O2. The van der Waals surface area contributed by atoms with Gasteiger partial charge in [0.1, 0.15) is 0 Å². The molecule has 132 valence electrons. The number of hydrogen-bond donors (Lipinski definition) is 1. The second kappa shape index (κ2) is 9.02. The smallest absolute Gasteiger partial charge is 0.265 e. The lowest BCUT2D eigenvalue weighted by Crippen LogP contribution is -2.19. The van der Waals surface area contributed by atoms with Crippen molar-refractivity contribution in [3.05, 3.63) is 65.2 Å². The highest BCUT2D eigenvalue weighted by atomic mass is 16.6. The quantitative estimate of drug-likeness (QED) is 0.575. The van der Waals surface area contributed by atoms with Crippen molar-refractivity contribution < 1.29 is 9.63 Å². The summed E-state index contributed by atoms with van der Waals surface area (Å²) in [4.78, 5) is 17.4. The highest BCUT2D eigenvalue weighted by molar-refractivity contribution is 5.93. The Morgan fingerprint density at radius 3 is 2.16 bits per heavy atom. The van der Waals surface area contributed by atoms with Crippen molar-refractivity contribution in [1.29, 1.82) is 0 Å². The Morgan fingerprint density at radius 1 is 1.00 bits per heavy atom. The van der Waals surface area contributed by atoms with Crippen LogP contribution in [0.25, 0.3) is 0 Å². The molecule has 0 aliphatic heterocycles. The average molecular weight is 338 g/mol. The molecule has 0 heterocycles. The zero-order valence-electron chi connectivity index (χ0n) is 15.3. The largest absolute Gasteiger partial charge is 0.386 e. The van der Waals surface area contributed by atoms with Crippen molar-refractivity contribution in [3.63, 3.8) is 0 Å². The first-order valence-electron chi connectivity index (χ1n) is 8.62. The van der Waals surface area contributed by atoms with Crippen LogP contribution in [0.1, 0.15) is 56.2 Å². The van der Waals surface area contributed by atoms with Crippen LogP contribution in [-0.4, -0.2) is 18.7 Å². The molecule has 0 saturated carbocycles. The SMILES string of the molecule is CC(C)c1cccc(C(C)C)c1NC(=O)CO/N=C\c1ccccc1. The van der Waals surface area contributed by atoms with Gasteiger partial charge >= 0.3 is 0 Å². The highest BCUT2D eigenvalue weighted by Crippen LogP contribution is 2.32. The van der Waals surface area contributed by atoms with Crippen molar-refractivity contribution in [2.24, 2.45) is 5.16 Å². The first-order valence-corrected chi connectivity index (χ1v) is 8.62. The number of para-hydroxylation sites is 1. The van der Waals surface area contributed by atoms with Crippen LogP contribution in [0.4, 0.5) is 5.69 Å². The minimum Gasteiger partial charge on any atom is -0.386 e. The van der Waals surface area contributed by atoms with Crippen LogP contribution in [0.2, 0.25) is 0 Å². The number of carbonyl (C=O) groups is 1. The van der Waals surface area contributed by atoms with Crippen molar-refractivity contribution in [1.82, 2.24) is 0 Å². The summed E-state index contributed by atoms with van der Waals surface area (Å²) in [5.41, 5.74) is 4.09. The number of carbonyl (C=O) groups excluding carboxylic acids is 1. The average Bonchev–Trinajstić information content (AvgIpc) is 2.59. The molecule has 0 aliphatic rings. The second-order valence-corrected chi connectivity index (χ2v) is 6.59. The lowest BCUT2D eigenvalue weighted by molar-refractivity contribution is -0.120. The third-order valence-electron chi connectivity index (χ3n) is 3.91. The van der Waals surface area contributed by atoms with Gasteiger partial charge in [0, 0.05) is 5.69 Å². The fourth-order valence-electron chi connectivity index (χ4n) is 2.60. The van der Waals surface area contributed by atoms with Crippen LogP contribution in [0, 0.1) is 0 Å². The van der Waals surface area contributed by atoms with Gasteiger partial charge in [-0.3, -0.25) is 4.79 Å². The fraction of sp³-hybridized carbons (Fsp3) is 0.333. The molecule has 0 fully saturated rings. The number of nitrogens with one attached hydrogen (secondary N) is 1. The Kier molecular flexibility index (Phi) is 6.75. The Labute approximate surface area is 149 Å². The monoisotopic (exact) mass is 338 g/mol. The lowest BCUT2D eigenvalue weighted by atomic mass is 9.92. The van der Waals surface area contributed by atoms with Gasteiger partial charge < -0.3 is 10.2 Å². The summed E-state index contributed by atoms with van der Waals surface area (Å²) < 4.78 is 0. The predicted molar refractivity (Wildman–Crippen MR) is 103 cm³/mol. The molecule has 2 rings (SSSR count). The molecule has 4 heteroatoms. The van der Waals surface area contributed by atoms with Gasteiger partial charge in [0.2, 0.25) is 0 Å². The van der Waals surface area contributed by atoms with E-state index in [4.69, 9.17) is 4.84 Å². The molecule has 0 spiro atoms. The van der Waals surface area contributed by atoms with E-state index in [1.54, 1.807) is 6.21 Å². The van der Waals surface area contributed by atoms with E-state index in [1.807, 2.05) is 36.4 Å². The molecule has 25 heavy (non-hydrogen) atoms. The van der Waals surface area contributed by atoms with Gasteiger partial charge in [0.05, 0.1) is 6.21 Å². The number of nitrogens with zero attached hydrogens (tertiary/aromatic N) is 1. The fourth-order valence-corrected chi connectivity index (χ4v) is 2.60. The molecule has 2 aromatic carbocycles. The topological polar surface area (TPSA) is 50.7 Å². The van der Waals surface area contributed by atoms with Gasteiger partial charge in [0.25, 0.3) is 5.91 Å². The zero-order chi connectivity index (χ0) is 18.2. The minimum atomic E-state index is -0.208. The number of amides is 1. The van der Waals surface area contributed by atoms with Crippen molar-refractivity contribution >= 4 is 17.8 Å². The Bertz CT molecular complexity index is 696. The summed E-state index contributed by atoms with van der Waals surface area (Å²) in [6.07, 6.45) is 1.59. The number of anilines is 1. The van der Waals surface area contributed by atoms with Gasteiger partial charge in [-0.25, -0.2) is 0 Å². The molecule has 0 atom stereocenters. The first-order chi connectivity index (χ1) is 12.0. The standard InChI is InChI=1S/C21H26N2O2/c1-15(2)18-11-8-12-19(16(3)4)21(18)23-20(24)14-25-22-13-17-9-6-5-7-10-17/h5-13,15-16H,14H2,1-4H3,(H,23,24)/b22-13-. The molecule has 0 radical (unpaired) electrons. The van der Waals surface area contributed by atoms with Crippen LogP contribution in [0.15, 0.2) is 53.7 Å². The van der Waals surface area contributed by atoms with E-state index < -0.39 is 0 Å². The molecule has 2 aromatic rings. The molecular weight excluding hydrogens is 312 g/mol. The lowest BCUT2D eigenvalue weighted by Gasteiger charge is -2.19. The second-order valence-electron chi connectivity index (χ2n) is 6.59. The Hall–Kier alpha value is -2.62. The van der Waals surface area contributed by atoms with E-state index in [2.05, 4.69) is 50.3 Å². The van der Waals surface area contributed by atoms with E-state index in [-0.39, 0.29) is 12.5 Å². The first kappa shape index (κ1) is 18.7. The van der Waals surface area contributed by atoms with Gasteiger partial charge in [-0.15, -0.1) is 0 Å². The molecule has 1 N–H and O–H groups in total. The summed E-state index contributed by atoms with van der Waals surface area (Å²) in [7, 11) is 0. The Balaban J connectivity index is 2.01. The van der Waals surface area contributed by atoms with Crippen molar-refractivity contribution in [2.45, 2.75) is 39.5 Å². The number of oxime groups is 1. The predicted octanol–water partition coefficient (Wildman–Crippen LogP) is 4.92. The molecule has 0 unspecified atom stereocenters. The maximum atomic E-state index is 12.3. The molecule has 0 aliphatic carbocycles. The normalized spacial score (nSPS) is 11.3. The number of hydrogen-bond acceptors (Lipinski definition) is 3. The maximum Gasteiger partial charge on any atom is 0.265 e. The van der Waals surface area contributed by atoms with E-state index >= 15 is 0 Å². The summed E-state index contributed by atoms with van der Waals surface area (Å²) in [6, 6.07) is 15.8. The zero-order valence-corrected chi connectivity index (χ0v) is 15.3. The van der Waals surface area contributed by atoms with E-state index in [1.165, 1.54) is 0 Å². The summed E-state index contributed by atoms with van der Waals surface area (Å²) in [5.74, 6) is 0.442. The molecule has 0 saturated heterocycles. The van der Waals surface area contributed by atoms with E-state index in [0.717, 1.165) is 22.4 Å². The summed E-state index contributed by atoms with van der Waals surface area (Å²) in [6.45, 7) is 8.37. The molecule has 1 amide bonds. The third kappa shape index (κ3) is 5.45. The van der Waals surface area contributed by atoms with E-state index in [9.17, 15) is 4.79 Å². The van der Waals surface area contributed by atoms with Gasteiger partial charge in [-0.2, -0.15) is 0 Å². The maximum absolute atomic E-state index is 12.3.